The van der Waals surface area contributed by atoms with Gasteiger partial charge in [0.05, 0.1) is 12.7 Å². The maximum Gasteiger partial charge on any atom is 0.125 e. The SMILES string of the molecule is CC(C)COCCOc1ccc(Br)cc1C(C)O. The van der Waals surface area contributed by atoms with Gasteiger partial charge in [-0.15, -0.1) is 0 Å². The van der Waals surface area contributed by atoms with Gasteiger partial charge < -0.3 is 14.6 Å². The highest BCUT2D eigenvalue weighted by Gasteiger charge is 2.09. The van der Waals surface area contributed by atoms with Crippen molar-refractivity contribution in [3.05, 3.63) is 28.2 Å². The first-order valence-electron chi connectivity index (χ1n) is 6.18. The van der Waals surface area contributed by atoms with E-state index in [4.69, 9.17) is 9.47 Å². The minimum absolute atomic E-state index is 0.494. The Morgan fingerprint density at radius 2 is 1.94 bits per heavy atom. The van der Waals surface area contributed by atoms with Crippen LogP contribution in [0.3, 0.4) is 0 Å². The van der Waals surface area contributed by atoms with Gasteiger partial charge in [0.25, 0.3) is 0 Å². The second-order valence-electron chi connectivity index (χ2n) is 4.68. The fourth-order valence-corrected chi connectivity index (χ4v) is 1.89. The molecule has 0 aliphatic carbocycles. The second-order valence-corrected chi connectivity index (χ2v) is 5.59. The highest BCUT2D eigenvalue weighted by Crippen LogP contribution is 2.28. The zero-order chi connectivity index (χ0) is 13.5. The third-order valence-corrected chi connectivity index (χ3v) is 2.85. The minimum Gasteiger partial charge on any atom is -0.491 e. The number of aliphatic hydroxyl groups is 1. The van der Waals surface area contributed by atoms with Gasteiger partial charge in [0.2, 0.25) is 0 Å². The van der Waals surface area contributed by atoms with Crippen molar-refractivity contribution in [2.45, 2.75) is 26.9 Å². The van der Waals surface area contributed by atoms with Crippen molar-refractivity contribution in [3.8, 4) is 5.75 Å². The zero-order valence-corrected chi connectivity index (χ0v) is 12.7. The van der Waals surface area contributed by atoms with Crippen LogP contribution in [0.25, 0.3) is 0 Å². The van der Waals surface area contributed by atoms with Crippen LogP contribution in [0.4, 0.5) is 0 Å². The van der Waals surface area contributed by atoms with Crippen LogP contribution >= 0.6 is 15.9 Å². The summed E-state index contributed by atoms with van der Waals surface area (Å²) in [7, 11) is 0. The summed E-state index contributed by atoms with van der Waals surface area (Å²) in [5, 5.41) is 9.67. The molecule has 0 amide bonds. The molecule has 0 radical (unpaired) electrons. The molecule has 1 N–H and O–H groups in total. The number of benzene rings is 1. The van der Waals surface area contributed by atoms with Crippen molar-refractivity contribution in [3.63, 3.8) is 0 Å². The van der Waals surface area contributed by atoms with Gasteiger partial charge in [-0.3, -0.25) is 0 Å². The van der Waals surface area contributed by atoms with E-state index in [9.17, 15) is 5.11 Å². The molecule has 0 bridgehead atoms. The van der Waals surface area contributed by atoms with Gasteiger partial charge in [-0.2, -0.15) is 0 Å². The lowest BCUT2D eigenvalue weighted by molar-refractivity contribution is 0.0805. The Hall–Kier alpha value is -0.580. The molecule has 102 valence electrons. The summed E-state index contributed by atoms with van der Waals surface area (Å²) in [4.78, 5) is 0. The van der Waals surface area contributed by atoms with Gasteiger partial charge in [0.15, 0.2) is 0 Å². The average Bonchev–Trinajstić information content (AvgIpc) is 2.29. The number of hydrogen-bond donors (Lipinski definition) is 1. The van der Waals surface area contributed by atoms with E-state index in [-0.39, 0.29) is 0 Å². The Balaban J connectivity index is 2.46. The normalized spacial score (nSPS) is 12.8. The van der Waals surface area contributed by atoms with Crippen LogP contribution in [-0.2, 0) is 4.74 Å². The number of ether oxygens (including phenoxy) is 2. The molecule has 3 nitrogen and oxygen atoms in total. The fraction of sp³-hybridized carbons (Fsp3) is 0.571. The molecule has 0 saturated carbocycles. The molecule has 0 aliphatic heterocycles. The smallest absolute Gasteiger partial charge is 0.125 e. The Morgan fingerprint density at radius 3 is 2.56 bits per heavy atom. The van der Waals surface area contributed by atoms with Crippen LogP contribution < -0.4 is 4.74 Å². The van der Waals surface area contributed by atoms with Gasteiger partial charge in [0, 0.05) is 16.6 Å². The van der Waals surface area contributed by atoms with Gasteiger partial charge >= 0.3 is 0 Å². The van der Waals surface area contributed by atoms with E-state index in [2.05, 4.69) is 29.8 Å². The summed E-state index contributed by atoms with van der Waals surface area (Å²) in [5.41, 5.74) is 0.785. The molecule has 0 aliphatic rings. The summed E-state index contributed by atoms with van der Waals surface area (Å²) in [6.45, 7) is 7.75. The van der Waals surface area contributed by atoms with Gasteiger partial charge in [-0.25, -0.2) is 0 Å². The van der Waals surface area contributed by atoms with Crippen molar-refractivity contribution in [1.82, 2.24) is 0 Å². The molecule has 18 heavy (non-hydrogen) atoms. The Bertz CT molecular complexity index is 364. The first kappa shape index (κ1) is 15.5. The van der Waals surface area contributed by atoms with E-state index in [1.807, 2.05) is 18.2 Å². The third kappa shape index (κ3) is 5.38. The molecule has 1 aromatic rings. The van der Waals surface area contributed by atoms with Crippen molar-refractivity contribution in [2.75, 3.05) is 19.8 Å². The van der Waals surface area contributed by atoms with Crippen LogP contribution in [0.15, 0.2) is 22.7 Å². The lowest BCUT2D eigenvalue weighted by atomic mass is 10.1. The second kappa shape index (κ2) is 7.77. The predicted octanol–water partition coefficient (Wildman–Crippen LogP) is 3.55. The summed E-state index contributed by atoms with van der Waals surface area (Å²) in [6.07, 6.45) is -0.547. The third-order valence-electron chi connectivity index (χ3n) is 2.36. The summed E-state index contributed by atoms with van der Waals surface area (Å²) in [6, 6.07) is 5.62. The van der Waals surface area contributed by atoms with E-state index >= 15 is 0 Å². The fourth-order valence-electron chi connectivity index (χ4n) is 1.51. The summed E-state index contributed by atoms with van der Waals surface area (Å²) in [5.74, 6) is 1.24. The highest BCUT2D eigenvalue weighted by atomic mass is 79.9. The lowest BCUT2D eigenvalue weighted by Gasteiger charge is -2.14. The Labute approximate surface area is 117 Å². The number of rotatable bonds is 7. The molecule has 4 heteroatoms. The largest absolute Gasteiger partial charge is 0.491 e. The van der Waals surface area contributed by atoms with Gasteiger partial charge in [-0.1, -0.05) is 29.8 Å². The molecular weight excluding hydrogens is 296 g/mol. The van der Waals surface area contributed by atoms with E-state index in [0.29, 0.717) is 24.9 Å². The quantitative estimate of drug-likeness (QED) is 0.782. The molecule has 1 rings (SSSR count). The topological polar surface area (TPSA) is 38.7 Å². The van der Waals surface area contributed by atoms with E-state index in [1.165, 1.54) is 0 Å². The van der Waals surface area contributed by atoms with E-state index < -0.39 is 6.10 Å². The number of hydrogen-bond acceptors (Lipinski definition) is 3. The molecule has 1 aromatic carbocycles. The average molecular weight is 317 g/mol. The van der Waals surface area contributed by atoms with Crippen LogP contribution in [0.1, 0.15) is 32.4 Å². The van der Waals surface area contributed by atoms with E-state index in [1.54, 1.807) is 6.92 Å². The number of aliphatic hydroxyl groups excluding tert-OH is 1. The molecule has 0 fully saturated rings. The maximum atomic E-state index is 9.67. The summed E-state index contributed by atoms with van der Waals surface area (Å²) >= 11 is 3.38. The van der Waals surface area contributed by atoms with E-state index in [0.717, 1.165) is 16.6 Å². The molecule has 0 heterocycles. The molecule has 0 aromatic heterocycles. The van der Waals surface area contributed by atoms with Crippen LogP contribution in [0, 0.1) is 5.92 Å². The predicted molar refractivity (Wildman–Crippen MR) is 75.9 cm³/mol. The first-order valence-corrected chi connectivity index (χ1v) is 6.98. The van der Waals surface area contributed by atoms with Crippen molar-refractivity contribution < 1.29 is 14.6 Å². The van der Waals surface area contributed by atoms with Crippen molar-refractivity contribution >= 4 is 15.9 Å². The van der Waals surface area contributed by atoms with Crippen LogP contribution in [0.5, 0.6) is 5.75 Å². The molecule has 1 atom stereocenters. The molecule has 1 unspecified atom stereocenters. The molecular formula is C14H21BrO3. The standard InChI is InChI=1S/C14H21BrO3/c1-10(2)9-17-6-7-18-14-5-4-12(15)8-13(14)11(3)16/h4-5,8,10-11,16H,6-7,9H2,1-3H3. The van der Waals surface area contributed by atoms with Crippen molar-refractivity contribution in [2.24, 2.45) is 5.92 Å². The summed E-state index contributed by atoms with van der Waals surface area (Å²) < 4.78 is 12.0. The Kier molecular flexibility index (Phi) is 6.68. The Morgan fingerprint density at radius 1 is 1.22 bits per heavy atom. The van der Waals surface area contributed by atoms with Gasteiger partial charge in [0.1, 0.15) is 12.4 Å². The highest BCUT2D eigenvalue weighted by molar-refractivity contribution is 9.10. The number of halogens is 1. The molecule has 0 spiro atoms. The van der Waals surface area contributed by atoms with Crippen LogP contribution in [-0.4, -0.2) is 24.9 Å². The van der Waals surface area contributed by atoms with Crippen LogP contribution in [0.2, 0.25) is 0 Å². The minimum atomic E-state index is -0.547. The first-order chi connectivity index (χ1) is 8.50. The maximum absolute atomic E-state index is 9.67. The molecule has 0 saturated heterocycles. The van der Waals surface area contributed by atoms with Gasteiger partial charge in [-0.05, 0) is 31.0 Å². The monoisotopic (exact) mass is 316 g/mol. The lowest BCUT2D eigenvalue weighted by Crippen LogP contribution is -2.11. The zero-order valence-electron chi connectivity index (χ0n) is 11.1. The van der Waals surface area contributed by atoms with Crippen molar-refractivity contribution in [1.29, 1.82) is 0 Å².